The minimum absolute atomic E-state index is 0.0293. The number of ether oxygens (including phenoxy) is 1. The van der Waals surface area contributed by atoms with E-state index in [1.807, 2.05) is 13.8 Å². The molecular formula is C17H22N4O3S2. The first-order valence-corrected chi connectivity index (χ1v) is 10.1. The van der Waals surface area contributed by atoms with Gasteiger partial charge in [-0.05, 0) is 33.6 Å². The summed E-state index contributed by atoms with van der Waals surface area (Å²) in [5.41, 5.74) is 1.51. The van der Waals surface area contributed by atoms with Gasteiger partial charge in [-0.1, -0.05) is 11.3 Å². The average Bonchev–Trinajstić information content (AvgIpc) is 3.27. The molecule has 0 bridgehead atoms. The van der Waals surface area contributed by atoms with Crippen LogP contribution in [-0.4, -0.2) is 41.0 Å². The van der Waals surface area contributed by atoms with Gasteiger partial charge in [0.25, 0.3) is 5.91 Å². The Balaban J connectivity index is 1.77. The second-order valence-electron chi connectivity index (χ2n) is 6.29. The van der Waals surface area contributed by atoms with Crippen molar-refractivity contribution in [2.45, 2.75) is 46.6 Å². The molecule has 1 N–H and O–H groups in total. The van der Waals surface area contributed by atoms with Gasteiger partial charge >= 0.3 is 0 Å². The van der Waals surface area contributed by atoms with E-state index in [1.54, 1.807) is 11.8 Å². The van der Waals surface area contributed by atoms with Crippen molar-refractivity contribution in [1.29, 1.82) is 0 Å². The fraction of sp³-hybridized carbons (Fsp3) is 0.529. The molecule has 0 radical (unpaired) electrons. The molecule has 1 fully saturated rings. The van der Waals surface area contributed by atoms with Crippen molar-refractivity contribution >= 4 is 44.8 Å². The molecule has 1 aliphatic heterocycles. The van der Waals surface area contributed by atoms with Crippen LogP contribution in [-0.2, 0) is 9.53 Å². The third-order valence-corrected chi connectivity index (χ3v) is 6.43. The average molecular weight is 395 g/mol. The molecule has 3 heterocycles. The van der Waals surface area contributed by atoms with Crippen molar-refractivity contribution in [3.63, 3.8) is 0 Å². The zero-order chi connectivity index (χ0) is 18.8. The molecule has 1 saturated heterocycles. The first-order chi connectivity index (χ1) is 12.3. The summed E-state index contributed by atoms with van der Waals surface area (Å²) in [6.07, 6.45) is 1.97. The highest BCUT2D eigenvalue weighted by Gasteiger charge is 2.26. The second-order valence-corrected chi connectivity index (χ2v) is 8.47. The fourth-order valence-corrected chi connectivity index (χ4v) is 4.55. The summed E-state index contributed by atoms with van der Waals surface area (Å²) in [5, 5.41) is 3.93. The van der Waals surface area contributed by atoms with E-state index in [1.165, 1.54) is 29.6 Å². The van der Waals surface area contributed by atoms with Crippen LogP contribution < -0.4 is 10.2 Å². The Morgan fingerprint density at radius 1 is 1.23 bits per heavy atom. The molecule has 9 heteroatoms. The quantitative estimate of drug-likeness (QED) is 0.841. The minimum Gasteiger partial charge on any atom is -0.376 e. The van der Waals surface area contributed by atoms with E-state index in [0.29, 0.717) is 27.4 Å². The van der Waals surface area contributed by atoms with Gasteiger partial charge in [0.15, 0.2) is 10.3 Å². The predicted molar refractivity (Wildman–Crippen MR) is 103 cm³/mol. The highest BCUT2D eigenvalue weighted by molar-refractivity contribution is 7.18. The summed E-state index contributed by atoms with van der Waals surface area (Å²) < 4.78 is 5.63. The lowest BCUT2D eigenvalue weighted by Crippen LogP contribution is -2.35. The highest BCUT2D eigenvalue weighted by Crippen LogP contribution is 2.29. The van der Waals surface area contributed by atoms with E-state index in [2.05, 4.69) is 15.3 Å². The lowest BCUT2D eigenvalue weighted by Gasteiger charge is -2.21. The molecule has 0 aromatic carbocycles. The Hall–Kier alpha value is -1.84. The number of carbonyl (C=O) groups is 2. The van der Waals surface area contributed by atoms with Crippen molar-refractivity contribution in [1.82, 2.24) is 9.97 Å². The molecule has 2 aromatic rings. The number of rotatable bonds is 5. The van der Waals surface area contributed by atoms with E-state index < -0.39 is 0 Å². The number of amides is 2. The number of aryl methyl sites for hydroxylation is 3. The molecule has 0 unspecified atom stereocenters. The third kappa shape index (κ3) is 4.11. The van der Waals surface area contributed by atoms with Crippen LogP contribution in [0, 0.1) is 20.8 Å². The van der Waals surface area contributed by atoms with Crippen molar-refractivity contribution in [3.8, 4) is 0 Å². The zero-order valence-corrected chi connectivity index (χ0v) is 16.9. The van der Waals surface area contributed by atoms with E-state index >= 15 is 0 Å². The molecule has 26 heavy (non-hydrogen) atoms. The van der Waals surface area contributed by atoms with Crippen molar-refractivity contribution in [3.05, 3.63) is 21.1 Å². The number of thiazole rings is 2. The van der Waals surface area contributed by atoms with Crippen LogP contribution in [0.4, 0.5) is 10.3 Å². The molecule has 0 aliphatic carbocycles. The number of hydrogen-bond donors (Lipinski definition) is 1. The molecule has 2 amide bonds. The Kier molecular flexibility index (Phi) is 5.69. The zero-order valence-electron chi connectivity index (χ0n) is 15.3. The summed E-state index contributed by atoms with van der Waals surface area (Å²) >= 11 is 2.66. The van der Waals surface area contributed by atoms with Crippen LogP contribution >= 0.6 is 22.7 Å². The Labute approximate surface area is 160 Å². The van der Waals surface area contributed by atoms with Crippen molar-refractivity contribution < 1.29 is 14.3 Å². The lowest BCUT2D eigenvalue weighted by molar-refractivity contribution is -0.116. The van der Waals surface area contributed by atoms with Crippen LogP contribution in [0.1, 0.15) is 45.7 Å². The molecule has 1 atom stereocenters. The number of anilines is 2. The lowest BCUT2D eigenvalue weighted by atomic mass is 10.2. The molecule has 7 nitrogen and oxygen atoms in total. The first-order valence-electron chi connectivity index (χ1n) is 8.47. The monoisotopic (exact) mass is 394 g/mol. The van der Waals surface area contributed by atoms with Gasteiger partial charge in [0, 0.05) is 18.4 Å². The summed E-state index contributed by atoms with van der Waals surface area (Å²) in [6.45, 7) is 8.36. The van der Waals surface area contributed by atoms with Crippen LogP contribution in [0.2, 0.25) is 0 Å². The van der Waals surface area contributed by atoms with Gasteiger partial charge < -0.3 is 4.74 Å². The molecule has 0 spiro atoms. The SMILES string of the molecule is CC(=O)N(C[C@@H]1CCCO1)c1nc(C)c(C(=O)Nc2nc(C)c(C)s2)s1. The maximum absolute atomic E-state index is 12.6. The largest absolute Gasteiger partial charge is 0.376 e. The standard InChI is InChI=1S/C17H22N4O3S2/c1-9-11(3)25-16(18-9)20-15(23)14-10(2)19-17(26-14)21(12(4)22)8-13-6-5-7-24-13/h13H,5-8H2,1-4H3,(H,18,20,23)/t13-/m0/s1. The van der Waals surface area contributed by atoms with Crippen LogP contribution in [0.25, 0.3) is 0 Å². The molecular weight excluding hydrogens is 372 g/mol. The molecule has 3 rings (SSSR count). The Morgan fingerprint density at radius 3 is 2.58 bits per heavy atom. The fourth-order valence-electron chi connectivity index (χ4n) is 2.72. The smallest absolute Gasteiger partial charge is 0.269 e. The van der Waals surface area contributed by atoms with Crippen LogP contribution in [0.15, 0.2) is 0 Å². The van der Waals surface area contributed by atoms with E-state index in [-0.39, 0.29) is 17.9 Å². The summed E-state index contributed by atoms with van der Waals surface area (Å²) in [4.78, 5) is 36.6. The summed E-state index contributed by atoms with van der Waals surface area (Å²) in [7, 11) is 0. The van der Waals surface area contributed by atoms with Crippen LogP contribution in [0.3, 0.4) is 0 Å². The van der Waals surface area contributed by atoms with E-state index in [0.717, 1.165) is 30.0 Å². The Bertz CT molecular complexity index is 805. The van der Waals surface area contributed by atoms with Gasteiger partial charge in [-0.25, -0.2) is 9.97 Å². The topological polar surface area (TPSA) is 84.4 Å². The number of nitrogens with one attached hydrogen (secondary N) is 1. The predicted octanol–water partition coefficient (Wildman–Crippen LogP) is 3.31. The van der Waals surface area contributed by atoms with Gasteiger partial charge in [0.2, 0.25) is 5.91 Å². The minimum atomic E-state index is -0.249. The number of aromatic nitrogens is 2. The second kappa shape index (κ2) is 7.81. The van der Waals surface area contributed by atoms with Gasteiger partial charge in [-0.2, -0.15) is 0 Å². The Morgan fingerprint density at radius 2 is 2.00 bits per heavy atom. The van der Waals surface area contributed by atoms with Gasteiger partial charge in [-0.15, -0.1) is 11.3 Å². The molecule has 2 aromatic heterocycles. The van der Waals surface area contributed by atoms with Crippen molar-refractivity contribution in [2.24, 2.45) is 0 Å². The summed E-state index contributed by atoms with van der Waals surface area (Å²) in [6, 6.07) is 0. The highest BCUT2D eigenvalue weighted by atomic mass is 32.1. The van der Waals surface area contributed by atoms with E-state index in [9.17, 15) is 9.59 Å². The molecule has 140 valence electrons. The maximum atomic E-state index is 12.6. The van der Waals surface area contributed by atoms with Gasteiger partial charge in [0.1, 0.15) is 4.88 Å². The first kappa shape index (κ1) is 18.9. The number of nitrogens with zero attached hydrogens (tertiary/aromatic N) is 3. The van der Waals surface area contributed by atoms with Gasteiger partial charge in [-0.3, -0.25) is 19.8 Å². The molecule has 1 aliphatic rings. The van der Waals surface area contributed by atoms with Crippen LogP contribution in [0.5, 0.6) is 0 Å². The third-order valence-electron chi connectivity index (χ3n) is 4.26. The van der Waals surface area contributed by atoms with Gasteiger partial charge in [0.05, 0.1) is 24.0 Å². The normalized spacial score (nSPS) is 16.7. The summed E-state index contributed by atoms with van der Waals surface area (Å²) in [5.74, 6) is -0.354. The maximum Gasteiger partial charge on any atom is 0.269 e. The van der Waals surface area contributed by atoms with E-state index in [4.69, 9.17) is 4.74 Å². The number of carbonyl (C=O) groups excluding carboxylic acids is 2. The molecule has 0 saturated carbocycles. The van der Waals surface area contributed by atoms with Crippen molar-refractivity contribution in [2.75, 3.05) is 23.4 Å². The number of hydrogen-bond acceptors (Lipinski definition) is 7.